The zero-order valence-corrected chi connectivity index (χ0v) is 15.8. The van der Waals surface area contributed by atoms with E-state index >= 15 is 0 Å². The van der Waals surface area contributed by atoms with Gasteiger partial charge in [-0.05, 0) is 50.2 Å². The molecule has 8 heteroatoms. The van der Waals surface area contributed by atoms with Crippen LogP contribution in [0.4, 0.5) is 5.69 Å². The average Bonchev–Trinajstić information content (AvgIpc) is 2.60. The minimum absolute atomic E-state index is 0.0240. The minimum atomic E-state index is -3.88. The molecule has 0 atom stereocenters. The third-order valence-electron chi connectivity index (χ3n) is 3.38. The van der Waals surface area contributed by atoms with Crippen LogP contribution in [0.1, 0.15) is 24.2 Å². The lowest BCUT2D eigenvalue weighted by atomic mass is 10.2. The summed E-state index contributed by atoms with van der Waals surface area (Å²) in [6, 6.07) is 10.4. The molecule has 0 bridgehead atoms. The molecule has 7 nitrogen and oxygen atoms in total. The van der Waals surface area contributed by atoms with Crippen molar-refractivity contribution in [2.75, 3.05) is 18.9 Å². The van der Waals surface area contributed by atoms with Gasteiger partial charge in [0.2, 0.25) is 0 Å². The van der Waals surface area contributed by atoms with Crippen LogP contribution in [-0.2, 0) is 14.8 Å². The number of benzene rings is 2. The molecular weight excluding hydrogens is 358 g/mol. The third-order valence-corrected chi connectivity index (χ3v) is 4.80. The first-order chi connectivity index (χ1) is 12.3. The highest BCUT2D eigenvalue weighted by Crippen LogP contribution is 2.29. The Balaban J connectivity index is 2.23. The van der Waals surface area contributed by atoms with Gasteiger partial charge in [-0.15, -0.1) is 0 Å². The minimum Gasteiger partial charge on any atom is -0.497 e. The number of hydrogen-bond donors (Lipinski definition) is 1. The number of hydrogen-bond acceptors (Lipinski definition) is 6. The first-order valence-corrected chi connectivity index (χ1v) is 9.31. The summed E-state index contributed by atoms with van der Waals surface area (Å²) in [5.74, 6) is 0.175. The van der Waals surface area contributed by atoms with E-state index in [1.165, 1.54) is 56.7 Å². The highest BCUT2D eigenvalue weighted by molar-refractivity contribution is 7.92. The summed E-state index contributed by atoms with van der Waals surface area (Å²) in [5, 5.41) is 0. The van der Waals surface area contributed by atoms with Crippen molar-refractivity contribution in [3.05, 3.63) is 48.0 Å². The Morgan fingerprint density at radius 2 is 1.65 bits per heavy atom. The van der Waals surface area contributed by atoms with E-state index in [9.17, 15) is 13.2 Å². The number of carbonyl (C=O) groups is 1. The van der Waals surface area contributed by atoms with Gasteiger partial charge in [0.05, 0.1) is 25.9 Å². The molecule has 2 aromatic carbocycles. The molecule has 0 heterocycles. The normalized spacial score (nSPS) is 11.1. The molecule has 140 valence electrons. The molecule has 0 unspecified atom stereocenters. The maximum atomic E-state index is 12.6. The van der Waals surface area contributed by atoms with Crippen molar-refractivity contribution < 1.29 is 27.4 Å². The monoisotopic (exact) mass is 379 g/mol. The van der Waals surface area contributed by atoms with Crippen LogP contribution in [0, 0.1) is 0 Å². The SMILES string of the molecule is COc1ccc(S(=O)(=O)Nc2ccc(C(=O)OC(C)C)cc2)c(OC)c1. The summed E-state index contributed by atoms with van der Waals surface area (Å²) in [4.78, 5) is 11.8. The predicted octanol–water partition coefficient (Wildman–Crippen LogP) is 3.07. The zero-order valence-electron chi connectivity index (χ0n) is 15.0. The molecule has 0 radical (unpaired) electrons. The number of esters is 1. The summed E-state index contributed by atoms with van der Waals surface area (Å²) >= 11 is 0. The number of sulfonamides is 1. The molecule has 2 rings (SSSR count). The highest BCUT2D eigenvalue weighted by Gasteiger charge is 2.20. The molecule has 26 heavy (non-hydrogen) atoms. The lowest BCUT2D eigenvalue weighted by molar-refractivity contribution is 0.0378. The fourth-order valence-electron chi connectivity index (χ4n) is 2.16. The van der Waals surface area contributed by atoms with Crippen LogP contribution in [0.15, 0.2) is 47.4 Å². The van der Waals surface area contributed by atoms with Gasteiger partial charge in [-0.3, -0.25) is 4.72 Å². The molecule has 0 aromatic heterocycles. The van der Waals surface area contributed by atoms with Gasteiger partial charge in [0.25, 0.3) is 10.0 Å². The maximum absolute atomic E-state index is 12.6. The van der Waals surface area contributed by atoms with E-state index in [0.29, 0.717) is 17.0 Å². The first kappa shape index (κ1) is 19.6. The Morgan fingerprint density at radius 1 is 1.00 bits per heavy atom. The van der Waals surface area contributed by atoms with Crippen LogP contribution >= 0.6 is 0 Å². The Labute approximate surface area is 152 Å². The van der Waals surface area contributed by atoms with Gasteiger partial charge in [0.1, 0.15) is 16.4 Å². The molecule has 0 saturated carbocycles. The van der Waals surface area contributed by atoms with E-state index in [2.05, 4.69) is 4.72 Å². The third kappa shape index (κ3) is 4.66. The molecule has 0 spiro atoms. The second-order valence-electron chi connectivity index (χ2n) is 5.65. The van der Waals surface area contributed by atoms with Gasteiger partial charge in [-0.25, -0.2) is 13.2 Å². The van der Waals surface area contributed by atoms with Crippen molar-refractivity contribution in [1.29, 1.82) is 0 Å². The van der Waals surface area contributed by atoms with Crippen LogP contribution in [0.25, 0.3) is 0 Å². The van der Waals surface area contributed by atoms with Crippen molar-refractivity contribution in [2.45, 2.75) is 24.8 Å². The van der Waals surface area contributed by atoms with Crippen molar-refractivity contribution in [2.24, 2.45) is 0 Å². The van der Waals surface area contributed by atoms with E-state index in [-0.39, 0.29) is 16.7 Å². The van der Waals surface area contributed by atoms with Crippen LogP contribution in [-0.4, -0.2) is 34.7 Å². The second kappa shape index (κ2) is 8.09. The van der Waals surface area contributed by atoms with Crippen molar-refractivity contribution in [3.8, 4) is 11.5 Å². The summed E-state index contributed by atoms with van der Waals surface area (Å²) in [7, 11) is -1.02. The van der Waals surface area contributed by atoms with Gasteiger partial charge < -0.3 is 14.2 Å². The molecule has 1 N–H and O–H groups in total. The molecule has 0 amide bonds. The number of anilines is 1. The Bertz CT molecular complexity index is 875. The first-order valence-electron chi connectivity index (χ1n) is 7.82. The fourth-order valence-corrected chi connectivity index (χ4v) is 3.37. The molecule has 2 aromatic rings. The van der Waals surface area contributed by atoms with Gasteiger partial charge in [0, 0.05) is 11.8 Å². The van der Waals surface area contributed by atoms with Gasteiger partial charge in [-0.1, -0.05) is 0 Å². The standard InChI is InChI=1S/C18H21NO6S/c1-12(2)25-18(20)13-5-7-14(8-6-13)19-26(21,22)17-10-9-15(23-3)11-16(17)24-4/h5-12,19H,1-4H3. The van der Waals surface area contributed by atoms with Crippen LogP contribution in [0.2, 0.25) is 0 Å². The molecule has 0 saturated heterocycles. The Morgan fingerprint density at radius 3 is 2.19 bits per heavy atom. The van der Waals surface area contributed by atoms with Crippen molar-refractivity contribution in [1.82, 2.24) is 0 Å². The maximum Gasteiger partial charge on any atom is 0.338 e. The van der Waals surface area contributed by atoms with E-state index < -0.39 is 16.0 Å². The van der Waals surface area contributed by atoms with Crippen LogP contribution < -0.4 is 14.2 Å². The number of carbonyl (C=O) groups excluding carboxylic acids is 1. The zero-order chi connectivity index (χ0) is 19.3. The molecule has 0 aliphatic carbocycles. The van der Waals surface area contributed by atoms with E-state index in [4.69, 9.17) is 14.2 Å². The largest absolute Gasteiger partial charge is 0.497 e. The number of methoxy groups -OCH3 is 2. The fraction of sp³-hybridized carbons (Fsp3) is 0.278. The van der Waals surface area contributed by atoms with Gasteiger partial charge >= 0.3 is 5.97 Å². The Hall–Kier alpha value is -2.74. The summed E-state index contributed by atoms with van der Waals surface area (Å²) in [5.41, 5.74) is 0.646. The predicted molar refractivity (Wildman–Crippen MR) is 97.3 cm³/mol. The van der Waals surface area contributed by atoms with Crippen molar-refractivity contribution >= 4 is 21.7 Å². The molecule has 0 aliphatic rings. The van der Waals surface area contributed by atoms with Crippen LogP contribution in [0.3, 0.4) is 0 Å². The van der Waals surface area contributed by atoms with Gasteiger partial charge in [-0.2, -0.15) is 0 Å². The van der Waals surface area contributed by atoms with E-state index in [0.717, 1.165) is 0 Å². The molecule has 0 aliphatic heterocycles. The van der Waals surface area contributed by atoms with Crippen LogP contribution in [0.5, 0.6) is 11.5 Å². The summed E-state index contributed by atoms with van der Waals surface area (Å²) < 4.78 is 43.0. The smallest absolute Gasteiger partial charge is 0.338 e. The number of ether oxygens (including phenoxy) is 3. The number of nitrogens with one attached hydrogen (secondary N) is 1. The van der Waals surface area contributed by atoms with E-state index in [1.54, 1.807) is 13.8 Å². The number of rotatable bonds is 7. The second-order valence-corrected chi connectivity index (χ2v) is 7.30. The average molecular weight is 379 g/mol. The lowest BCUT2D eigenvalue weighted by Crippen LogP contribution is -2.15. The quantitative estimate of drug-likeness (QED) is 0.744. The summed E-state index contributed by atoms with van der Waals surface area (Å²) in [6.45, 7) is 3.51. The van der Waals surface area contributed by atoms with E-state index in [1.807, 2.05) is 0 Å². The van der Waals surface area contributed by atoms with Crippen molar-refractivity contribution in [3.63, 3.8) is 0 Å². The molecular formula is C18H21NO6S. The topological polar surface area (TPSA) is 90.9 Å². The Kier molecular flexibility index (Phi) is 6.10. The van der Waals surface area contributed by atoms with Gasteiger partial charge in [0.15, 0.2) is 0 Å². The highest BCUT2D eigenvalue weighted by atomic mass is 32.2. The summed E-state index contributed by atoms with van der Waals surface area (Å²) in [6.07, 6.45) is -0.233. The molecule has 0 fully saturated rings. The lowest BCUT2D eigenvalue weighted by Gasteiger charge is -2.13.